The SMILES string of the molecule is [C-]#[N+]c1ccc(C2CCCC2)nc1Cl. The Morgan fingerprint density at radius 3 is 2.64 bits per heavy atom. The second kappa shape index (κ2) is 3.98. The first-order valence-electron chi connectivity index (χ1n) is 4.85. The second-order valence-corrected chi connectivity index (χ2v) is 4.00. The minimum Gasteiger partial charge on any atom is -0.253 e. The average molecular weight is 207 g/mol. The van der Waals surface area contributed by atoms with Crippen LogP contribution in [0.15, 0.2) is 12.1 Å². The third-order valence-electron chi connectivity index (χ3n) is 2.74. The van der Waals surface area contributed by atoms with Crippen LogP contribution in [0.4, 0.5) is 5.69 Å². The molecule has 0 saturated heterocycles. The summed E-state index contributed by atoms with van der Waals surface area (Å²) in [5.41, 5.74) is 1.51. The molecule has 14 heavy (non-hydrogen) atoms. The van der Waals surface area contributed by atoms with Crippen LogP contribution in [-0.2, 0) is 0 Å². The number of aromatic nitrogens is 1. The van der Waals surface area contributed by atoms with E-state index >= 15 is 0 Å². The molecule has 1 aliphatic carbocycles. The minimum atomic E-state index is 0.351. The first kappa shape index (κ1) is 9.48. The zero-order valence-corrected chi connectivity index (χ0v) is 8.59. The van der Waals surface area contributed by atoms with E-state index in [1.165, 1.54) is 25.7 Å². The highest BCUT2D eigenvalue weighted by Crippen LogP contribution is 2.35. The molecule has 3 heteroatoms. The van der Waals surface area contributed by atoms with Crippen LogP contribution in [0.5, 0.6) is 0 Å². The number of nitrogens with zero attached hydrogens (tertiary/aromatic N) is 2. The molecular weight excluding hydrogens is 196 g/mol. The molecule has 0 spiro atoms. The van der Waals surface area contributed by atoms with Crippen molar-refractivity contribution in [3.8, 4) is 0 Å². The lowest BCUT2D eigenvalue weighted by molar-refractivity contribution is 0.698. The summed E-state index contributed by atoms with van der Waals surface area (Å²) in [4.78, 5) is 7.57. The van der Waals surface area contributed by atoms with Crippen LogP contribution >= 0.6 is 11.6 Å². The van der Waals surface area contributed by atoms with Crippen molar-refractivity contribution in [2.24, 2.45) is 0 Å². The molecule has 72 valence electrons. The van der Waals surface area contributed by atoms with Crippen molar-refractivity contribution in [3.63, 3.8) is 0 Å². The lowest BCUT2D eigenvalue weighted by atomic mass is 10.0. The number of hydrogen-bond donors (Lipinski definition) is 0. The number of rotatable bonds is 1. The lowest BCUT2D eigenvalue weighted by Crippen LogP contribution is -1.95. The highest BCUT2D eigenvalue weighted by atomic mass is 35.5. The van der Waals surface area contributed by atoms with Crippen molar-refractivity contribution in [2.45, 2.75) is 31.6 Å². The maximum Gasteiger partial charge on any atom is 0.223 e. The van der Waals surface area contributed by atoms with Gasteiger partial charge in [-0.3, -0.25) is 4.98 Å². The fourth-order valence-corrected chi connectivity index (χ4v) is 2.18. The molecule has 2 rings (SSSR count). The largest absolute Gasteiger partial charge is 0.253 e. The van der Waals surface area contributed by atoms with Crippen LogP contribution in [0.2, 0.25) is 5.15 Å². The number of pyridine rings is 1. The van der Waals surface area contributed by atoms with Crippen molar-refractivity contribution >= 4 is 17.3 Å². The van der Waals surface area contributed by atoms with E-state index in [1.54, 1.807) is 6.07 Å². The van der Waals surface area contributed by atoms with Gasteiger partial charge in [0, 0.05) is 11.6 Å². The van der Waals surface area contributed by atoms with E-state index < -0.39 is 0 Å². The average Bonchev–Trinajstić information content (AvgIpc) is 2.70. The van der Waals surface area contributed by atoms with Crippen molar-refractivity contribution < 1.29 is 0 Å². The molecule has 0 aromatic carbocycles. The number of halogens is 1. The van der Waals surface area contributed by atoms with Gasteiger partial charge in [0.25, 0.3) is 0 Å². The summed E-state index contributed by atoms with van der Waals surface area (Å²) in [6, 6.07) is 3.71. The molecule has 0 amide bonds. The van der Waals surface area contributed by atoms with Crippen LogP contribution in [0.3, 0.4) is 0 Å². The van der Waals surface area contributed by atoms with Crippen LogP contribution in [-0.4, -0.2) is 4.98 Å². The molecule has 1 aromatic rings. The van der Waals surface area contributed by atoms with Crippen molar-refractivity contribution in [2.75, 3.05) is 0 Å². The number of hydrogen-bond acceptors (Lipinski definition) is 1. The van der Waals surface area contributed by atoms with E-state index in [9.17, 15) is 0 Å². The molecule has 1 fully saturated rings. The summed E-state index contributed by atoms with van der Waals surface area (Å²) in [5, 5.41) is 0.351. The van der Waals surface area contributed by atoms with Gasteiger partial charge in [0.1, 0.15) is 5.15 Å². The van der Waals surface area contributed by atoms with Gasteiger partial charge in [-0.05, 0) is 12.8 Å². The minimum absolute atomic E-state index is 0.351. The normalized spacial score (nSPS) is 16.9. The summed E-state index contributed by atoms with van der Waals surface area (Å²) in [5.74, 6) is 0.562. The summed E-state index contributed by atoms with van der Waals surface area (Å²) < 4.78 is 0. The first-order valence-corrected chi connectivity index (χ1v) is 5.23. The molecule has 0 atom stereocenters. The third-order valence-corrected chi connectivity index (χ3v) is 3.02. The predicted molar refractivity (Wildman–Crippen MR) is 56.7 cm³/mol. The standard InChI is InChI=1S/C11H11ClN2/c1-13-10-7-6-9(14-11(10)12)8-4-2-3-5-8/h6-8H,2-5H2. The second-order valence-electron chi connectivity index (χ2n) is 3.64. The van der Waals surface area contributed by atoms with Crippen molar-refractivity contribution in [3.05, 3.63) is 34.4 Å². The van der Waals surface area contributed by atoms with Gasteiger partial charge in [-0.25, -0.2) is 4.85 Å². The van der Waals surface area contributed by atoms with E-state index in [0.29, 0.717) is 16.8 Å². The highest BCUT2D eigenvalue weighted by Gasteiger charge is 2.18. The molecule has 2 nitrogen and oxygen atoms in total. The van der Waals surface area contributed by atoms with Crippen LogP contribution in [0.25, 0.3) is 4.85 Å². The van der Waals surface area contributed by atoms with Gasteiger partial charge in [0.05, 0.1) is 6.57 Å². The zero-order chi connectivity index (χ0) is 9.97. The first-order chi connectivity index (χ1) is 6.81. The summed E-state index contributed by atoms with van der Waals surface area (Å²) in [7, 11) is 0. The lowest BCUT2D eigenvalue weighted by Gasteiger charge is -2.08. The van der Waals surface area contributed by atoms with Crippen molar-refractivity contribution in [1.29, 1.82) is 0 Å². The van der Waals surface area contributed by atoms with Gasteiger partial charge >= 0.3 is 0 Å². The Balaban J connectivity index is 2.28. The Labute approximate surface area is 88.7 Å². The van der Waals surface area contributed by atoms with E-state index in [2.05, 4.69) is 9.83 Å². The van der Waals surface area contributed by atoms with Gasteiger partial charge in [-0.2, -0.15) is 0 Å². The highest BCUT2D eigenvalue weighted by molar-refractivity contribution is 6.32. The monoisotopic (exact) mass is 206 g/mol. The van der Waals surface area contributed by atoms with Gasteiger partial charge < -0.3 is 0 Å². The quantitative estimate of drug-likeness (QED) is 0.503. The molecule has 0 unspecified atom stereocenters. The van der Waals surface area contributed by atoms with Crippen LogP contribution in [0.1, 0.15) is 37.3 Å². The Morgan fingerprint density at radius 1 is 1.36 bits per heavy atom. The smallest absolute Gasteiger partial charge is 0.223 e. The molecule has 0 bridgehead atoms. The van der Waals surface area contributed by atoms with Gasteiger partial charge in [-0.1, -0.05) is 36.6 Å². The Morgan fingerprint density at radius 2 is 2.07 bits per heavy atom. The molecular formula is C11H11ClN2. The van der Waals surface area contributed by atoms with E-state index in [4.69, 9.17) is 18.2 Å². The Hall–Kier alpha value is -1.07. The maximum atomic E-state index is 6.86. The molecule has 1 aromatic heterocycles. The molecule has 0 aliphatic heterocycles. The zero-order valence-electron chi connectivity index (χ0n) is 7.83. The summed E-state index contributed by atoms with van der Waals surface area (Å²) in [6.07, 6.45) is 4.99. The van der Waals surface area contributed by atoms with Gasteiger partial charge in [-0.15, -0.1) is 0 Å². The molecule has 1 aliphatic rings. The summed E-state index contributed by atoms with van der Waals surface area (Å²) >= 11 is 5.88. The molecule has 0 radical (unpaired) electrons. The maximum absolute atomic E-state index is 6.86. The fraction of sp³-hybridized carbons (Fsp3) is 0.455. The van der Waals surface area contributed by atoms with E-state index in [1.807, 2.05) is 6.07 Å². The van der Waals surface area contributed by atoms with Crippen LogP contribution in [0, 0.1) is 6.57 Å². The van der Waals surface area contributed by atoms with Gasteiger partial charge in [0.15, 0.2) is 0 Å². The van der Waals surface area contributed by atoms with Crippen LogP contribution < -0.4 is 0 Å². The topological polar surface area (TPSA) is 17.2 Å². The fourth-order valence-electron chi connectivity index (χ4n) is 1.97. The third kappa shape index (κ3) is 1.73. The molecule has 1 heterocycles. The molecule has 1 saturated carbocycles. The predicted octanol–water partition coefficient (Wildman–Crippen LogP) is 3.94. The summed E-state index contributed by atoms with van der Waals surface area (Å²) in [6.45, 7) is 6.86. The van der Waals surface area contributed by atoms with Gasteiger partial charge in [0.2, 0.25) is 5.69 Å². The van der Waals surface area contributed by atoms with E-state index in [-0.39, 0.29) is 0 Å². The Bertz CT molecular complexity index is 375. The Kier molecular flexibility index (Phi) is 2.69. The van der Waals surface area contributed by atoms with Crippen molar-refractivity contribution in [1.82, 2.24) is 4.98 Å². The molecule has 0 N–H and O–H groups in total. The van der Waals surface area contributed by atoms with E-state index in [0.717, 1.165) is 5.69 Å².